The lowest BCUT2D eigenvalue weighted by molar-refractivity contribution is -0.136. The number of benzene rings is 1. The second-order valence-electron chi connectivity index (χ2n) is 6.80. The van der Waals surface area contributed by atoms with E-state index in [9.17, 15) is 14.4 Å². The molecule has 24 heavy (non-hydrogen) atoms. The molecule has 1 unspecified atom stereocenters. The van der Waals surface area contributed by atoms with Crippen molar-refractivity contribution < 1.29 is 14.4 Å². The van der Waals surface area contributed by atoms with E-state index in [0.717, 1.165) is 30.8 Å². The number of hydrogen-bond donors (Lipinski definition) is 2. The molecule has 2 saturated heterocycles. The van der Waals surface area contributed by atoms with Gasteiger partial charge in [-0.25, -0.2) is 0 Å². The molecule has 3 aliphatic rings. The molecule has 1 aromatic carbocycles. The highest BCUT2D eigenvalue weighted by Crippen LogP contribution is 2.30. The molecule has 1 aromatic rings. The summed E-state index contributed by atoms with van der Waals surface area (Å²) >= 11 is 0. The summed E-state index contributed by atoms with van der Waals surface area (Å²) in [6, 6.07) is 5.41. The standard InChI is InChI=1S/C17H20N4O3/c18-11-7-20(8-11)6-10-2-1-3-12-13(10)9-21(17(12)24)14-4-5-15(22)19-16(14)23/h1-3,11,14H,4-9,18H2,(H,19,22,23). The van der Waals surface area contributed by atoms with Crippen LogP contribution in [0.2, 0.25) is 0 Å². The Bertz CT molecular complexity index is 727. The van der Waals surface area contributed by atoms with Crippen molar-refractivity contribution in [1.29, 1.82) is 0 Å². The number of piperidine rings is 1. The summed E-state index contributed by atoms with van der Waals surface area (Å²) in [5.74, 6) is -0.764. The van der Waals surface area contributed by atoms with Crippen LogP contribution >= 0.6 is 0 Å². The molecule has 0 aliphatic carbocycles. The summed E-state index contributed by atoms with van der Waals surface area (Å²) in [4.78, 5) is 40.0. The van der Waals surface area contributed by atoms with Gasteiger partial charge in [-0.3, -0.25) is 24.6 Å². The van der Waals surface area contributed by atoms with Crippen LogP contribution in [0.5, 0.6) is 0 Å². The smallest absolute Gasteiger partial charge is 0.255 e. The highest BCUT2D eigenvalue weighted by Gasteiger charge is 2.40. The van der Waals surface area contributed by atoms with Crippen molar-refractivity contribution in [3.63, 3.8) is 0 Å². The van der Waals surface area contributed by atoms with Gasteiger partial charge < -0.3 is 10.6 Å². The van der Waals surface area contributed by atoms with Crippen molar-refractivity contribution in [2.24, 2.45) is 5.73 Å². The van der Waals surface area contributed by atoms with Crippen LogP contribution in [0, 0.1) is 0 Å². The lowest BCUT2D eigenvalue weighted by Gasteiger charge is -2.37. The Balaban J connectivity index is 1.55. The van der Waals surface area contributed by atoms with E-state index in [1.54, 1.807) is 4.90 Å². The molecule has 0 radical (unpaired) electrons. The number of hydrogen-bond acceptors (Lipinski definition) is 5. The number of carbonyl (C=O) groups is 3. The van der Waals surface area contributed by atoms with Crippen LogP contribution in [-0.2, 0) is 22.7 Å². The average Bonchev–Trinajstić information content (AvgIpc) is 2.84. The van der Waals surface area contributed by atoms with Crippen LogP contribution in [0.3, 0.4) is 0 Å². The van der Waals surface area contributed by atoms with Crippen molar-refractivity contribution in [3.05, 3.63) is 34.9 Å². The molecule has 0 saturated carbocycles. The van der Waals surface area contributed by atoms with Crippen LogP contribution in [0.25, 0.3) is 0 Å². The third-order valence-corrected chi connectivity index (χ3v) is 5.06. The lowest BCUT2D eigenvalue weighted by Crippen LogP contribution is -2.55. The Morgan fingerprint density at radius 1 is 1.21 bits per heavy atom. The van der Waals surface area contributed by atoms with Crippen molar-refractivity contribution >= 4 is 17.7 Å². The molecule has 0 spiro atoms. The largest absolute Gasteiger partial charge is 0.325 e. The molecule has 0 bridgehead atoms. The van der Waals surface area contributed by atoms with Crippen molar-refractivity contribution in [2.75, 3.05) is 13.1 Å². The third-order valence-electron chi connectivity index (χ3n) is 5.06. The Labute approximate surface area is 139 Å². The number of imide groups is 1. The minimum absolute atomic E-state index is 0.123. The van der Waals surface area contributed by atoms with Crippen LogP contribution in [0.1, 0.15) is 34.3 Å². The highest BCUT2D eigenvalue weighted by molar-refractivity contribution is 6.05. The van der Waals surface area contributed by atoms with E-state index < -0.39 is 6.04 Å². The maximum Gasteiger partial charge on any atom is 0.255 e. The van der Waals surface area contributed by atoms with Gasteiger partial charge in [0.15, 0.2) is 0 Å². The van der Waals surface area contributed by atoms with E-state index >= 15 is 0 Å². The van der Waals surface area contributed by atoms with Crippen molar-refractivity contribution in [2.45, 2.75) is 38.0 Å². The number of nitrogens with zero attached hydrogens (tertiary/aromatic N) is 2. The SMILES string of the molecule is NC1CN(Cc2cccc3c2CN(C2CCC(=O)NC2=O)C3=O)C1. The molecular weight excluding hydrogens is 308 g/mol. The molecular formula is C17H20N4O3. The van der Waals surface area contributed by atoms with Gasteiger partial charge in [-0.15, -0.1) is 0 Å². The van der Waals surface area contributed by atoms with Gasteiger partial charge in [-0.1, -0.05) is 12.1 Å². The van der Waals surface area contributed by atoms with E-state index in [1.807, 2.05) is 18.2 Å². The fourth-order valence-electron chi connectivity index (χ4n) is 3.78. The van der Waals surface area contributed by atoms with E-state index in [4.69, 9.17) is 5.73 Å². The number of nitrogens with one attached hydrogen (secondary N) is 1. The van der Waals surface area contributed by atoms with Crippen LogP contribution in [0.15, 0.2) is 18.2 Å². The summed E-state index contributed by atoms with van der Waals surface area (Å²) in [5.41, 5.74) is 8.60. The fraction of sp³-hybridized carbons (Fsp3) is 0.471. The number of nitrogens with two attached hydrogens (primary N) is 1. The summed E-state index contributed by atoms with van der Waals surface area (Å²) in [6.07, 6.45) is 0.662. The molecule has 4 rings (SSSR count). The maximum atomic E-state index is 12.7. The highest BCUT2D eigenvalue weighted by atomic mass is 16.2. The zero-order valence-corrected chi connectivity index (χ0v) is 13.3. The summed E-state index contributed by atoms with van der Waals surface area (Å²) in [5, 5.41) is 2.33. The van der Waals surface area contributed by atoms with E-state index in [-0.39, 0.29) is 30.2 Å². The topological polar surface area (TPSA) is 95.7 Å². The molecule has 7 heteroatoms. The normalized spacial score (nSPS) is 24.8. The zero-order chi connectivity index (χ0) is 16.8. The monoisotopic (exact) mass is 328 g/mol. The van der Waals surface area contributed by atoms with Crippen LogP contribution in [0.4, 0.5) is 0 Å². The molecule has 3 aliphatic heterocycles. The number of carbonyl (C=O) groups excluding carboxylic acids is 3. The molecule has 3 amide bonds. The molecule has 2 fully saturated rings. The van der Waals surface area contributed by atoms with Gasteiger partial charge in [0.1, 0.15) is 6.04 Å². The molecule has 3 N–H and O–H groups in total. The van der Waals surface area contributed by atoms with E-state index in [0.29, 0.717) is 18.5 Å². The summed E-state index contributed by atoms with van der Waals surface area (Å²) < 4.78 is 0. The Hall–Kier alpha value is -2.25. The Morgan fingerprint density at radius 2 is 2.00 bits per heavy atom. The number of fused-ring (bicyclic) bond motifs is 1. The van der Waals surface area contributed by atoms with Gasteiger partial charge in [0, 0.05) is 44.2 Å². The van der Waals surface area contributed by atoms with E-state index in [1.165, 1.54) is 0 Å². The summed E-state index contributed by atoms with van der Waals surface area (Å²) in [7, 11) is 0. The Morgan fingerprint density at radius 3 is 2.71 bits per heavy atom. The second kappa shape index (κ2) is 5.68. The molecule has 0 aromatic heterocycles. The first-order chi connectivity index (χ1) is 11.5. The molecule has 3 heterocycles. The van der Waals surface area contributed by atoms with Crippen LogP contribution in [-0.4, -0.2) is 52.7 Å². The van der Waals surface area contributed by atoms with Crippen molar-refractivity contribution in [3.8, 4) is 0 Å². The zero-order valence-electron chi connectivity index (χ0n) is 13.3. The molecule has 126 valence electrons. The molecule has 1 atom stereocenters. The second-order valence-corrected chi connectivity index (χ2v) is 6.80. The summed E-state index contributed by atoms with van der Waals surface area (Å²) in [6.45, 7) is 2.94. The van der Waals surface area contributed by atoms with Gasteiger partial charge >= 0.3 is 0 Å². The van der Waals surface area contributed by atoms with Crippen LogP contribution < -0.4 is 11.1 Å². The minimum atomic E-state index is -0.562. The number of likely N-dealkylation sites (tertiary alicyclic amines) is 1. The predicted octanol–water partition coefficient (Wildman–Crippen LogP) is -0.410. The van der Waals surface area contributed by atoms with E-state index in [2.05, 4.69) is 10.2 Å². The first-order valence-corrected chi connectivity index (χ1v) is 8.26. The third kappa shape index (κ3) is 2.50. The van der Waals surface area contributed by atoms with Gasteiger partial charge in [-0.05, 0) is 23.6 Å². The molecule has 7 nitrogen and oxygen atoms in total. The maximum absolute atomic E-state index is 12.7. The fourth-order valence-corrected chi connectivity index (χ4v) is 3.78. The quantitative estimate of drug-likeness (QED) is 0.736. The van der Waals surface area contributed by atoms with Gasteiger partial charge in [0.05, 0.1) is 0 Å². The van der Waals surface area contributed by atoms with Gasteiger partial charge in [0.25, 0.3) is 5.91 Å². The Kier molecular flexibility index (Phi) is 3.62. The number of rotatable bonds is 3. The predicted molar refractivity (Wildman–Crippen MR) is 85.7 cm³/mol. The van der Waals surface area contributed by atoms with Crippen molar-refractivity contribution in [1.82, 2.24) is 15.1 Å². The first-order valence-electron chi connectivity index (χ1n) is 8.26. The minimum Gasteiger partial charge on any atom is -0.325 e. The average molecular weight is 328 g/mol. The van der Waals surface area contributed by atoms with Gasteiger partial charge in [-0.2, -0.15) is 0 Å². The van der Waals surface area contributed by atoms with Gasteiger partial charge in [0.2, 0.25) is 11.8 Å². The first kappa shape index (κ1) is 15.3. The lowest BCUT2D eigenvalue weighted by atomic mass is 10.0. The number of amides is 3.